The maximum atomic E-state index is 12.3. The Morgan fingerprint density at radius 2 is 2.19 bits per heavy atom. The summed E-state index contributed by atoms with van der Waals surface area (Å²) >= 11 is 6.17. The average molecular weight is 312 g/mol. The Morgan fingerprint density at radius 3 is 2.86 bits per heavy atom. The maximum absolute atomic E-state index is 12.3. The van der Waals surface area contributed by atoms with Crippen LogP contribution in [-0.4, -0.2) is 50.1 Å². The number of nitrogens with one attached hydrogen (secondary N) is 2. The summed E-state index contributed by atoms with van der Waals surface area (Å²) in [5.74, 6) is 0.705. The molecule has 0 spiro atoms. The first-order chi connectivity index (χ1) is 10.1. The quantitative estimate of drug-likeness (QED) is 0.859. The molecular formula is C15H22ClN3O2. The van der Waals surface area contributed by atoms with E-state index in [1.54, 1.807) is 13.2 Å². The molecule has 21 heavy (non-hydrogen) atoms. The SMILES string of the molecule is COc1cccc(Cl)c1CNC(=O)C(C)N1CCNCC1. The predicted molar refractivity (Wildman–Crippen MR) is 83.8 cm³/mol. The van der Waals surface area contributed by atoms with Crippen molar-refractivity contribution in [3.63, 3.8) is 0 Å². The monoisotopic (exact) mass is 311 g/mol. The van der Waals surface area contributed by atoms with Crippen molar-refractivity contribution in [2.24, 2.45) is 0 Å². The van der Waals surface area contributed by atoms with E-state index in [0.29, 0.717) is 17.3 Å². The van der Waals surface area contributed by atoms with Gasteiger partial charge in [0, 0.05) is 43.3 Å². The van der Waals surface area contributed by atoms with Crippen molar-refractivity contribution >= 4 is 17.5 Å². The number of hydrogen-bond donors (Lipinski definition) is 2. The smallest absolute Gasteiger partial charge is 0.237 e. The van der Waals surface area contributed by atoms with E-state index in [1.807, 2.05) is 19.1 Å². The molecule has 1 amide bonds. The summed E-state index contributed by atoms with van der Waals surface area (Å²) in [6, 6.07) is 5.33. The van der Waals surface area contributed by atoms with Crippen LogP contribution >= 0.6 is 11.6 Å². The lowest BCUT2D eigenvalue weighted by atomic mass is 10.2. The summed E-state index contributed by atoms with van der Waals surface area (Å²) in [4.78, 5) is 14.4. The fourth-order valence-electron chi connectivity index (χ4n) is 2.46. The molecule has 0 radical (unpaired) electrons. The first-order valence-corrected chi connectivity index (χ1v) is 7.55. The highest BCUT2D eigenvalue weighted by Crippen LogP contribution is 2.25. The number of hydrogen-bond acceptors (Lipinski definition) is 4. The molecule has 0 aliphatic carbocycles. The highest BCUT2D eigenvalue weighted by Gasteiger charge is 2.22. The second-order valence-electron chi connectivity index (χ2n) is 5.10. The summed E-state index contributed by atoms with van der Waals surface area (Å²) in [6.07, 6.45) is 0. The van der Waals surface area contributed by atoms with Crippen LogP contribution in [-0.2, 0) is 11.3 Å². The molecule has 116 valence electrons. The Morgan fingerprint density at radius 1 is 1.48 bits per heavy atom. The maximum Gasteiger partial charge on any atom is 0.237 e. The number of halogens is 1. The van der Waals surface area contributed by atoms with Gasteiger partial charge in [0.25, 0.3) is 0 Å². The van der Waals surface area contributed by atoms with Crippen LogP contribution in [0.4, 0.5) is 0 Å². The lowest BCUT2D eigenvalue weighted by Crippen LogP contribution is -2.52. The van der Waals surface area contributed by atoms with E-state index in [0.717, 1.165) is 31.7 Å². The number of ether oxygens (including phenoxy) is 1. The van der Waals surface area contributed by atoms with Crippen LogP contribution in [0.25, 0.3) is 0 Å². The second kappa shape index (κ2) is 7.64. The van der Waals surface area contributed by atoms with E-state index in [2.05, 4.69) is 15.5 Å². The zero-order chi connectivity index (χ0) is 15.2. The van der Waals surface area contributed by atoms with Gasteiger partial charge in [-0.15, -0.1) is 0 Å². The molecule has 0 aromatic heterocycles. The number of methoxy groups -OCH3 is 1. The molecule has 2 rings (SSSR count). The Labute approximate surface area is 130 Å². The lowest BCUT2D eigenvalue weighted by Gasteiger charge is -2.31. The number of carbonyl (C=O) groups is 1. The van der Waals surface area contributed by atoms with Gasteiger partial charge in [0.1, 0.15) is 5.75 Å². The van der Waals surface area contributed by atoms with Gasteiger partial charge in [-0.1, -0.05) is 17.7 Å². The van der Waals surface area contributed by atoms with Crippen molar-refractivity contribution in [1.82, 2.24) is 15.5 Å². The van der Waals surface area contributed by atoms with Crippen molar-refractivity contribution in [3.8, 4) is 5.75 Å². The Balaban J connectivity index is 1.94. The van der Waals surface area contributed by atoms with Crippen LogP contribution in [0.15, 0.2) is 18.2 Å². The minimum absolute atomic E-state index is 0.0128. The van der Waals surface area contributed by atoms with Gasteiger partial charge < -0.3 is 15.4 Å². The third kappa shape index (κ3) is 4.09. The first-order valence-electron chi connectivity index (χ1n) is 7.17. The largest absolute Gasteiger partial charge is 0.496 e. The molecule has 5 nitrogen and oxygen atoms in total. The molecule has 1 unspecified atom stereocenters. The zero-order valence-corrected chi connectivity index (χ0v) is 13.2. The molecule has 1 aromatic carbocycles. The van der Waals surface area contributed by atoms with Gasteiger partial charge >= 0.3 is 0 Å². The topological polar surface area (TPSA) is 53.6 Å². The molecule has 6 heteroatoms. The van der Waals surface area contributed by atoms with Crippen molar-refractivity contribution in [2.75, 3.05) is 33.3 Å². The van der Waals surface area contributed by atoms with Crippen molar-refractivity contribution < 1.29 is 9.53 Å². The number of rotatable bonds is 5. The summed E-state index contributed by atoms with van der Waals surface area (Å²) < 4.78 is 5.28. The molecule has 2 N–H and O–H groups in total. The Bertz CT molecular complexity index is 490. The molecule has 0 saturated carbocycles. The van der Waals surface area contributed by atoms with Crippen LogP contribution in [0.2, 0.25) is 5.02 Å². The van der Waals surface area contributed by atoms with E-state index in [9.17, 15) is 4.79 Å². The van der Waals surface area contributed by atoms with E-state index in [4.69, 9.17) is 16.3 Å². The molecule has 1 saturated heterocycles. The normalized spacial score (nSPS) is 17.3. The molecule has 1 atom stereocenters. The molecule has 1 aliphatic rings. The summed E-state index contributed by atoms with van der Waals surface area (Å²) in [5.41, 5.74) is 0.808. The van der Waals surface area contributed by atoms with Gasteiger partial charge in [0.15, 0.2) is 0 Å². The lowest BCUT2D eigenvalue weighted by molar-refractivity contribution is -0.126. The fourth-order valence-corrected chi connectivity index (χ4v) is 2.69. The van der Waals surface area contributed by atoms with Crippen LogP contribution in [0.1, 0.15) is 12.5 Å². The number of benzene rings is 1. The number of amides is 1. The van der Waals surface area contributed by atoms with Gasteiger partial charge in [-0.2, -0.15) is 0 Å². The van der Waals surface area contributed by atoms with E-state index in [1.165, 1.54) is 0 Å². The number of piperazine rings is 1. The van der Waals surface area contributed by atoms with Gasteiger partial charge in [-0.3, -0.25) is 9.69 Å². The number of nitrogens with zero attached hydrogens (tertiary/aromatic N) is 1. The minimum atomic E-state index is -0.138. The van der Waals surface area contributed by atoms with Gasteiger partial charge in [-0.25, -0.2) is 0 Å². The second-order valence-corrected chi connectivity index (χ2v) is 5.51. The zero-order valence-electron chi connectivity index (χ0n) is 12.5. The fraction of sp³-hybridized carbons (Fsp3) is 0.533. The Hall–Kier alpha value is -1.30. The van der Waals surface area contributed by atoms with Crippen LogP contribution in [0, 0.1) is 0 Å². The van der Waals surface area contributed by atoms with E-state index >= 15 is 0 Å². The third-order valence-electron chi connectivity index (χ3n) is 3.81. The highest BCUT2D eigenvalue weighted by atomic mass is 35.5. The predicted octanol–water partition coefficient (Wildman–Crippen LogP) is 1.26. The van der Waals surface area contributed by atoms with Crippen LogP contribution in [0.3, 0.4) is 0 Å². The molecular weight excluding hydrogens is 290 g/mol. The van der Waals surface area contributed by atoms with Crippen molar-refractivity contribution in [1.29, 1.82) is 0 Å². The third-order valence-corrected chi connectivity index (χ3v) is 4.17. The Kier molecular flexibility index (Phi) is 5.85. The summed E-state index contributed by atoms with van der Waals surface area (Å²) in [7, 11) is 1.60. The first kappa shape index (κ1) is 16.1. The summed E-state index contributed by atoms with van der Waals surface area (Å²) in [6.45, 7) is 5.95. The van der Waals surface area contributed by atoms with Gasteiger partial charge in [-0.05, 0) is 19.1 Å². The molecule has 1 aromatic rings. The van der Waals surface area contributed by atoms with Crippen LogP contribution in [0.5, 0.6) is 5.75 Å². The summed E-state index contributed by atoms with van der Waals surface area (Å²) in [5, 5.41) is 6.83. The molecule has 0 bridgehead atoms. The highest BCUT2D eigenvalue weighted by molar-refractivity contribution is 6.31. The van der Waals surface area contributed by atoms with Crippen LogP contribution < -0.4 is 15.4 Å². The molecule has 1 fully saturated rings. The van der Waals surface area contributed by atoms with Gasteiger partial charge in [0.05, 0.1) is 13.2 Å². The minimum Gasteiger partial charge on any atom is -0.496 e. The van der Waals surface area contributed by atoms with Gasteiger partial charge in [0.2, 0.25) is 5.91 Å². The van der Waals surface area contributed by atoms with Crippen molar-refractivity contribution in [2.45, 2.75) is 19.5 Å². The number of carbonyl (C=O) groups excluding carboxylic acids is 1. The standard InChI is InChI=1S/C15H22ClN3O2/c1-11(19-8-6-17-7-9-19)15(20)18-10-12-13(16)4-3-5-14(12)21-2/h3-5,11,17H,6-10H2,1-2H3,(H,18,20). The van der Waals surface area contributed by atoms with Crippen molar-refractivity contribution in [3.05, 3.63) is 28.8 Å². The average Bonchev–Trinajstić information content (AvgIpc) is 2.53. The van der Waals surface area contributed by atoms with E-state index < -0.39 is 0 Å². The molecule has 1 aliphatic heterocycles. The van der Waals surface area contributed by atoms with E-state index in [-0.39, 0.29) is 11.9 Å². The molecule has 1 heterocycles.